The van der Waals surface area contributed by atoms with Crippen molar-refractivity contribution < 1.29 is 35.8 Å². The van der Waals surface area contributed by atoms with E-state index in [1.165, 1.54) is 6.07 Å². The van der Waals surface area contributed by atoms with E-state index in [-0.39, 0.29) is 27.9 Å². The Bertz CT molecular complexity index is 1940. The summed E-state index contributed by atoms with van der Waals surface area (Å²) in [6.07, 6.45) is 0. The number of halogens is 2. The summed E-state index contributed by atoms with van der Waals surface area (Å²) in [6.45, 7) is 0. The first-order chi connectivity index (χ1) is 18.6. The number of aromatic carboxylic acids is 1. The van der Waals surface area contributed by atoms with Gasteiger partial charge in [-0.2, -0.15) is 31.8 Å². The van der Waals surface area contributed by atoms with Crippen molar-refractivity contribution in [2.45, 2.75) is 9.79 Å². The first kappa shape index (κ1) is 28.7. The molecular weight excluding hydrogens is 619 g/mol. The van der Waals surface area contributed by atoms with E-state index >= 15 is 0 Å². The van der Waals surface area contributed by atoms with Crippen molar-refractivity contribution in [1.29, 1.82) is 0 Å². The molecule has 0 aliphatic carbocycles. The molecule has 0 bridgehead atoms. The number of azo groups is 1. The number of carbonyl (C=O) groups is 1. The Morgan fingerprint density at radius 3 is 2.10 bits per heavy atom. The number of anilines is 2. The standard InChI is InChI=1S/C19H12Cl2N8O9S2/c20-17-23-18(21)25-19(24-17)22-8-1-6-12(40(36,37)38)11(7-8)26-27-13-14(16(31)32)28-29(15(13)30)9-2-4-10(5-3-9)39(33,34)35/h1-7,28H,(H,31,32)(H,33,34,35)(H,36,37,38)(H,22,23,24,25). The molecule has 4 aromatic rings. The number of hydrogen-bond donors (Lipinski definition) is 5. The van der Waals surface area contributed by atoms with Gasteiger partial charge < -0.3 is 10.4 Å². The van der Waals surface area contributed by atoms with Crippen molar-refractivity contribution in [3.63, 3.8) is 0 Å². The van der Waals surface area contributed by atoms with Gasteiger partial charge >= 0.3 is 5.97 Å². The van der Waals surface area contributed by atoms with Gasteiger partial charge in [0.1, 0.15) is 10.6 Å². The van der Waals surface area contributed by atoms with E-state index in [0.717, 1.165) is 36.4 Å². The van der Waals surface area contributed by atoms with E-state index in [4.69, 9.17) is 27.8 Å². The largest absolute Gasteiger partial charge is 0.476 e. The molecule has 208 valence electrons. The van der Waals surface area contributed by atoms with Gasteiger partial charge in [-0.15, -0.1) is 10.2 Å². The minimum atomic E-state index is -4.87. The number of benzene rings is 2. The molecule has 2 heterocycles. The average molecular weight is 631 g/mol. The first-order valence-electron chi connectivity index (χ1n) is 10.2. The third-order valence-electron chi connectivity index (χ3n) is 4.80. The summed E-state index contributed by atoms with van der Waals surface area (Å²) < 4.78 is 65.7. The highest BCUT2D eigenvalue weighted by molar-refractivity contribution is 7.86. The number of nitrogens with zero attached hydrogens (tertiary/aromatic N) is 6. The fourth-order valence-corrected chi connectivity index (χ4v) is 4.57. The van der Waals surface area contributed by atoms with E-state index in [1.54, 1.807) is 0 Å². The minimum absolute atomic E-state index is 0.0409. The lowest BCUT2D eigenvalue weighted by Crippen LogP contribution is -2.14. The minimum Gasteiger partial charge on any atom is -0.476 e. The molecule has 0 radical (unpaired) electrons. The Hall–Kier alpha value is -4.27. The number of aromatic nitrogens is 5. The average Bonchev–Trinajstić information content (AvgIpc) is 3.17. The van der Waals surface area contributed by atoms with Crippen LogP contribution >= 0.6 is 23.2 Å². The highest BCUT2D eigenvalue weighted by Crippen LogP contribution is 2.31. The van der Waals surface area contributed by atoms with Crippen LogP contribution in [0.2, 0.25) is 10.6 Å². The van der Waals surface area contributed by atoms with E-state index in [2.05, 4.69) is 35.6 Å². The van der Waals surface area contributed by atoms with Gasteiger partial charge in [0.15, 0.2) is 11.4 Å². The highest BCUT2D eigenvalue weighted by Gasteiger charge is 2.22. The maximum atomic E-state index is 13.0. The third kappa shape index (κ3) is 6.30. The van der Waals surface area contributed by atoms with Gasteiger partial charge in [-0.05, 0) is 65.7 Å². The number of carboxylic acid groups (broad SMARTS) is 1. The molecule has 0 saturated heterocycles. The molecule has 0 aliphatic heterocycles. The SMILES string of the molecule is O=C(O)c1[nH]n(-c2ccc(S(=O)(=O)O)cc2)c(=O)c1N=Nc1cc(Nc2nc(Cl)nc(Cl)n2)ccc1S(=O)(=O)O. The number of hydrogen-bond acceptors (Lipinski definition) is 12. The van der Waals surface area contributed by atoms with E-state index in [0.29, 0.717) is 4.68 Å². The summed E-state index contributed by atoms with van der Waals surface area (Å²) in [5, 5.41) is 21.2. The number of nitrogens with one attached hydrogen (secondary N) is 2. The lowest BCUT2D eigenvalue weighted by molar-refractivity contribution is 0.0690. The maximum Gasteiger partial charge on any atom is 0.356 e. The van der Waals surface area contributed by atoms with Crippen LogP contribution in [0.5, 0.6) is 0 Å². The third-order valence-corrected chi connectivity index (χ3v) is 6.91. The van der Waals surface area contributed by atoms with Gasteiger partial charge in [0.2, 0.25) is 16.5 Å². The second-order valence-corrected chi connectivity index (χ2v) is 10.9. The van der Waals surface area contributed by atoms with E-state index in [1.807, 2.05) is 0 Å². The monoisotopic (exact) mass is 630 g/mol. The highest BCUT2D eigenvalue weighted by atomic mass is 35.5. The maximum absolute atomic E-state index is 13.0. The molecule has 0 unspecified atom stereocenters. The smallest absolute Gasteiger partial charge is 0.356 e. The van der Waals surface area contributed by atoms with Crippen LogP contribution in [-0.2, 0) is 20.2 Å². The predicted octanol–water partition coefficient (Wildman–Crippen LogP) is 3.01. The molecule has 4 rings (SSSR count). The molecule has 2 aromatic carbocycles. The zero-order valence-corrected chi connectivity index (χ0v) is 22.2. The Labute approximate surface area is 232 Å². The number of H-pyrrole nitrogens is 1. The van der Waals surface area contributed by atoms with Crippen molar-refractivity contribution in [1.82, 2.24) is 24.7 Å². The van der Waals surface area contributed by atoms with Gasteiger partial charge in [-0.1, -0.05) is 0 Å². The van der Waals surface area contributed by atoms with E-state index in [9.17, 15) is 36.1 Å². The first-order valence-corrected chi connectivity index (χ1v) is 13.8. The molecule has 0 atom stereocenters. The number of carboxylic acids is 1. The molecule has 2 aromatic heterocycles. The van der Waals surface area contributed by atoms with Gasteiger partial charge in [0.05, 0.1) is 10.6 Å². The second kappa shape index (κ2) is 10.7. The predicted molar refractivity (Wildman–Crippen MR) is 137 cm³/mol. The second-order valence-electron chi connectivity index (χ2n) is 7.43. The molecule has 40 heavy (non-hydrogen) atoms. The Balaban J connectivity index is 1.79. The summed E-state index contributed by atoms with van der Waals surface area (Å²) in [7, 11) is -9.41. The topological polar surface area (TPSA) is 259 Å². The summed E-state index contributed by atoms with van der Waals surface area (Å²) in [5.74, 6) is -1.79. The summed E-state index contributed by atoms with van der Waals surface area (Å²) >= 11 is 11.5. The van der Waals surface area contributed by atoms with Crippen LogP contribution in [-0.4, -0.2) is 61.7 Å². The normalized spacial score (nSPS) is 12.1. The van der Waals surface area contributed by atoms with Crippen LogP contribution < -0.4 is 10.9 Å². The van der Waals surface area contributed by atoms with Crippen LogP contribution in [0.15, 0.2) is 67.3 Å². The Kier molecular flexibility index (Phi) is 7.70. The van der Waals surface area contributed by atoms with Gasteiger partial charge in [0, 0.05) is 5.69 Å². The lowest BCUT2D eigenvalue weighted by Gasteiger charge is -2.08. The van der Waals surface area contributed by atoms with Crippen molar-refractivity contribution in [2.24, 2.45) is 10.2 Å². The van der Waals surface area contributed by atoms with Gasteiger partial charge in [-0.3, -0.25) is 19.0 Å². The number of aromatic amines is 1. The quantitative estimate of drug-likeness (QED) is 0.139. The van der Waals surface area contributed by atoms with Crippen LogP contribution in [0.4, 0.5) is 23.0 Å². The van der Waals surface area contributed by atoms with Crippen LogP contribution in [0.1, 0.15) is 10.5 Å². The van der Waals surface area contributed by atoms with Crippen molar-refractivity contribution in [3.8, 4) is 5.69 Å². The molecule has 0 fully saturated rings. The summed E-state index contributed by atoms with van der Waals surface area (Å²) in [5.41, 5.74) is -3.09. The van der Waals surface area contributed by atoms with Crippen molar-refractivity contribution in [2.75, 3.05) is 5.32 Å². The summed E-state index contributed by atoms with van der Waals surface area (Å²) in [4.78, 5) is 34.6. The molecule has 17 nitrogen and oxygen atoms in total. The molecule has 0 spiro atoms. The zero-order chi connectivity index (χ0) is 29.4. The van der Waals surface area contributed by atoms with Crippen LogP contribution in [0.25, 0.3) is 5.69 Å². The Morgan fingerprint density at radius 1 is 0.925 bits per heavy atom. The van der Waals surface area contributed by atoms with Gasteiger partial charge in [-0.25, -0.2) is 9.48 Å². The van der Waals surface area contributed by atoms with Crippen LogP contribution in [0.3, 0.4) is 0 Å². The lowest BCUT2D eigenvalue weighted by atomic mass is 10.3. The van der Waals surface area contributed by atoms with Crippen LogP contribution in [0, 0.1) is 0 Å². The Morgan fingerprint density at radius 2 is 1.55 bits per heavy atom. The molecule has 0 aliphatic rings. The van der Waals surface area contributed by atoms with E-state index < -0.39 is 58.6 Å². The molecule has 0 amide bonds. The number of rotatable bonds is 8. The van der Waals surface area contributed by atoms with Crippen molar-refractivity contribution in [3.05, 3.63) is 69.1 Å². The fraction of sp³-hybridized carbons (Fsp3) is 0. The zero-order valence-electron chi connectivity index (χ0n) is 19.1. The van der Waals surface area contributed by atoms with Gasteiger partial charge in [0.25, 0.3) is 25.8 Å². The van der Waals surface area contributed by atoms with Crippen molar-refractivity contribution >= 4 is 72.4 Å². The molecule has 0 saturated carbocycles. The molecule has 21 heteroatoms. The molecular formula is C19H12Cl2N8O9S2. The fourth-order valence-electron chi connectivity index (χ4n) is 3.13. The summed E-state index contributed by atoms with van der Waals surface area (Å²) in [6, 6.07) is 7.29. The molecule has 5 N–H and O–H groups in total.